The highest BCUT2D eigenvalue weighted by molar-refractivity contribution is 5.81. The lowest BCUT2D eigenvalue weighted by atomic mass is 9.77. The fourth-order valence-corrected chi connectivity index (χ4v) is 3.02. The molecule has 0 aromatic heterocycles. The van der Waals surface area contributed by atoms with E-state index in [1.807, 2.05) is 4.90 Å². The van der Waals surface area contributed by atoms with Crippen molar-refractivity contribution in [2.45, 2.75) is 45.6 Å². The molecule has 1 N–H and O–H groups in total. The van der Waals surface area contributed by atoms with Gasteiger partial charge >= 0.3 is 0 Å². The van der Waals surface area contributed by atoms with E-state index in [2.05, 4.69) is 13.8 Å². The van der Waals surface area contributed by atoms with Gasteiger partial charge in [-0.3, -0.25) is 4.79 Å². The van der Waals surface area contributed by atoms with Crippen LogP contribution < -0.4 is 0 Å². The molecule has 1 amide bonds. The van der Waals surface area contributed by atoms with Gasteiger partial charge in [0.05, 0.1) is 0 Å². The molecule has 2 rings (SSSR count). The van der Waals surface area contributed by atoms with Gasteiger partial charge in [0.25, 0.3) is 5.91 Å². The van der Waals surface area contributed by atoms with Gasteiger partial charge in [0.2, 0.25) is 0 Å². The van der Waals surface area contributed by atoms with Gasteiger partial charge in [0.1, 0.15) is 6.10 Å². The van der Waals surface area contributed by atoms with E-state index in [4.69, 9.17) is 4.74 Å². The first-order valence-electron chi connectivity index (χ1n) is 7.13. The maximum atomic E-state index is 12.3. The first-order chi connectivity index (χ1) is 8.62. The number of piperidine rings is 1. The molecule has 0 saturated carbocycles. The van der Waals surface area contributed by atoms with Gasteiger partial charge in [0, 0.05) is 26.3 Å². The van der Waals surface area contributed by atoms with E-state index in [1.54, 1.807) is 0 Å². The Morgan fingerprint density at radius 2 is 2.11 bits per heavy atom. The number of amides is 1. The quantitative estimate of drug-likeness (QED) is 0.830. The van der Waals surface area contributed by atoms with Crippen LogP contribution in [0.2, 0.25) is 0 Å². The molecule has 2 saturated heterocycles. The number of nitrogens with zero attached hydrogens (tertiary/aromatic N) is 1. The summed E-state index contributed by atoms with van der Waals surface area (Å²) in [6, 6.07) is 0. The van der Waals surface area contributed by atoms with E-state index in [0.29, 0.717) is 12.5 Å². The van der Waals surface area contributed by atoms with E-state index >= 15 is 0 Å². The molecule has 0 spiro atoms. The SMILES string of the molecule is CCC1(CO)CCN(C(=O)C2OCCC2C)CC1. The molecule has 0 aliphatic carbocycles. The molecule has 2 fully saturated rings. The molecule has 0 radical (unpaired) electrons. The van der Waals surface area contributed by atoms with Crippen LogP contribution in [0.1, 0.15) is 39.5 Å². The molecular weight excluding hydrogens is 230 g/mol. The summed E-state index contributed by atoms with van der Waals surface area (Å²) in [6.07, 6.45) is 3.56. The Morgan fingerprint density at radius 3 is 2.56 bits per heavy atom. The van der Waals surface area contributed by atoms with Crippen LogP contribution in [0.25, 0.3) is 0 Å². The topological polar surface area (TPSA) is 49.8 Å². The van der Waals surface area contributed by atoms with E-state index in [0.717, 1.165) is 38.8 Å². The lowest BCUT2D eigenvalue weighted by Crippen LogP contribution is -2.48. The number of carbonyl (C=O) groups excluding carboxylic acids is 1. The van der Waals surface area contributed by atoms with E-state index in [-0.39, 0.29) is 24.0 Å². The molecule has 0 aromatic carbocycles. The van der Waals surface area contributed by atoms with Crippen molar-refractivity contribution in [1.82, 2.24) is 4.90 Å². The minimum absolute atomic E-state index is 0.0406. The van der Waals surface area contributed by atoms with Crippen LogP contribution in [-0.2, 0) is 9.53 Å². The number of rotatable bonds is 3. The van der Waals surface area contributed by atoms with Crippen LogP contribution in [-0.4, -0.2) is 48.3 Å². The summed E-state index contributed by atoms with van der Waals surface area (Å²) in [4.78, 5) is 14.3. The molecule has 4 nitrogen and oxygen atoms in total. The molecule has 2 heterocycles. The van der Waals surface area contributed by atoms with Crippen molar-refractivity contribution in [3.05, 3.63) is 0 Å². The lowest BCUT2D eigenvalue weighted by Gasteiger charge is -2.41. The molecule has 4 heteroatoms. The van der Waals surface area contributed by atoms with Crippen molar-refractivity contribution in [1.29, 1.82) is 0 Å². The summed E-state index contributed by atoms with van der Waals surface area (Å²) < 4.78 is 5.54. The molecular formula is C14H25NO3. The Labute approximate surface area is 109 Å². The number of hydrogen-bond acceptors (Lipinski definition) is 3. The average Bonchev–Trinajstić information content (AvgIpc) is 2.84. The Bertz CT molecular complexity index is 291. The van der Waals surface area contributed by atoms with E-state index in [1.165, 1.54) is 0 Å². The Kier molecular flexibility index (Phi) is 4.28. The van der Waals surface area contributed by atoms with Crippen molar-refractivity contribution in [3.8, 4) is 0 Å². The third-order valence-electron chi connectivity index (χ3n) is 4.85. The van der Waals surface area contributed by atoms with Gasteiger partial charge in [-0.25, -0.2) is 0 Å². The molecule has 2 atom stereocenters. The van der Waals surface area contributed by atoms with Crippen molar-refractivity contribution >= 4 is 5.91 Å². The summed E-state index contributed by atoms with van der Waals surface area (Å²) in [6.45, 7) is 6.68. The largest absolute Gasteiger partial charge is 0.396 e. The molecule has 0 bridgehead atoms. The maximum absolute atomic E-state index is 12.3. The zero-order valence-electron chi connectivity index (χ0n) is 11.5. The predicted molar refractivity (Wildman–Crippen MR) is 69.1 cm³/mol. The molecule has 18 heavy (non-hydrogen) atoms. The number of hydrogen-bond donors (Lipinski definition) is 1. The molecule has 2 aliphatic heterocycles. The van der Waals surface area contributed by atoms with Crippen molar-refractivity contribution < 1.29 is 14.6 Å². The second kappa shape index (κ2) is 5.57. The second-order valence-electron chi connectivity index (χ2n) is 5.89. The first kappa shape index (κ1) is 13.8. The summed E-state index contributed by atoms with van der Waals surface area (Å²) in [5.74, 6) is 0.496. The van der Waals surface area contributed by atoms with Crippen LogP contribution in [0.15, 0.2) is 0 Å². The van der Waals surface area contributed by atoms with Crippen molar-refractivity contribution in [2.24, 2.45) is 11.3 Å². The Balaban J connectivity index is 1.91. The average molecular weight is 255 g/mol. The Hall–Kier alpha value is -0.610. The van der Waals surface area contributed by atoms with E-state index in [9.17, 15) is 9.90 Å². The van der Waals surface area contributed by atoms with Crippen molar-refractivity contribution in [3.63, 3.8) is 0 Å². The maximum Gasteiger partial charge on any atom is 0.251 e. The monoisotopic (exact) mass is 255 g/mol. The minimum Gasteiger partial charge on any atom is -0.396 e. The van der Waals surface area contributed by atoms with E-state index < -0.39 is 0 Å². The zero-order chi connectivity index (χ0) is 13.2. The fraction of sp³-hybridized carbons (Fsp3) is 0.929. The first-order valence-corrected chi connectivity index (χ1v) is 7.13. The highest BCUT2D eigenvalue weighted by Gasteiger charge is 2.38. The molecule has 104 valence electrons. The van der Waals surface area contributed by atoms with Crippen molar-refractivity contribution in [2.75, 3.05) is 26.3 Å². The number of aliphatic hydroxyl groups is 1. The van der Waals surface area contributed by atoms with Gasteiger partial charge in [-0.1, -0.05) is 13.8 Å². The standard InChI is InChI=1S/C14H25NO3/c1-3-14(10-16)5-7-15(8-6-14)13(17)12-11(2)4-9-18-12/h11-12,16H,3-10H2,1-2H3. The normalized spacial score (nSPS) is 31.6. The lowest BCUT2D eigenvalue weighted by molar-refractivity contribution is -0.145. The highest BCUT2D eigenvalue weighted by Crippen LogP contribution is 2.35. The van der Waals surface area contributed by atoms with Gasteiger partial charge < -0.3 is 14.7 Å². The van der Waals surface area contributed by atoms with Crippen LogP contribution >= 0.6 is 0 Å². The zero-order valence-corrected chi connectivity index (χ0v) is 11.5. The van der Waals surface area contributed by atoms with Crippen LogP contribution in [0, 0.1) is 11.3 Å². The van der Waals surface area contributed by atoms with Gasteiger partial charge in [-0.15, -0.1) is 0 Å². The summed E-state index contributed by atoms with van der Waals surface area (Å²) >= 11 is 0. The molecule has 2 aliphatic rings. The smallest absolute Gasteiger partial charge is 0.251 e. The Morgan fingerprint density at radius 1 is 1.44 bits per heavy atom. The minimum atomic E-state index is -0.228. The number of likely N-dealkylation sites (tertiary alicyclic amines) is 1. The fourth-order valence-electron chi connectivity index (χ4n) is 3.02. The second-order valence-corrected chi connectivity index (χ2v) is 5.89. The summed E-state index contributed by atoms with van der Waals surface area (Å²) in [7, 11) is 0. The number of ether oxygens (including phenoxy) is 1. The van der Waals surface area contributed by atoms with Gasteiger partial charge in [-0.2, -0.15) is 0 Å². The third-order valence-corrected chi connectivity index (χ3v) is 4.85. The molecule has 0 aromatic rings. The van der Waals surface area contributed by atoms with Gasteiger partial charge in [-0.05, 0) is 37.0 Å². The third kappa shape index (κ3) is 2.54. The predicted octanol–water partition coefficient (Wildman–Crippen LogP) is 1.42. The highest BCUT2D eigenvalue weighted by atomic mass is 16.5. The molecule has 2 unspecified atom stereocenters. The van der Waals surface area contributed by atoms with Crippen LogP contribution in [0.5, 0.6) is 0 Å². The number of aliphatic hydroxyl groups excluding tert-OH is 1. The summed E-state index contributed by atoms with van der Waals surface area (Å²) in [5.41, 5.74) is 0.0406. The van der Waals surface area contributed by atoms with Gasteiger partial charge in [0.15, 0.2) is 0 Å². The number of carbonyl (C=O) groups is 1. The van der Waals surface area contributed by atoms with Crippen LogP contribution in [0.3, 0.4) is 0 Å². The summed E-state index contributed by atoms with van der Waals surface area (Å²) in [5, 5.41) is 9.49. The van der Waals surface area contributed by atoms with Crippen LogP contribution in [0.4, 0.5) is 0 Å².